The zero-order valence-electron chi connectivity index (χ0n) is 11.8. The molecule has 0 fully saturated rings. The largest absolute Gasteiger partial charge is 0.378 e. The average molecular weight is 257 g/mol. The van der Waals surface area contributed by atoms with E-state index in [0.717, 1.165) is 0 Å². The van der Waals surface area contributed by atoms with E-state index in [2.05, 4.69) is 10.1 Å². The van der Waals surface area contributed by atoms with Crippen LogP contribution in [0.3, 0.4) is 0 Å². The summed E-state index contributed by atoms with van der Waals surface area (Å²) in [7, 11) is 1.65. The quantitative estimate of drug-likeness (QED) is 0.796. The lowest BCUT2D eigenvalue weighted by atomic mass is 10.1. The number of nitrogens with two attached hydrogens (primary N) is 1. The van der Waals surface area contributed by atoms with Gasteiger partial charge in [-0.05, 0) is 27.7 Å². The van der Waals surface area contributed by atoms with Gasteiger partial charge in [-0.1, -0.05) is 5.16 Å². The number of hydrogen-bond donors (Lipinski definition) is 1. The SMILES string of the molecule is COC(C)(C)Cc1nc(C(N)COC(C)C)no1. The minimum absolute atomic E-state index is 0.134. The molecule has 0 spiro atoms. The lowest BCUT2D eigenvalue weighted by Gasteiger charge is -2.19. The molecule has 1 atom stereocenters. The van der Waals surface area contributed by atoms with Gasteiger partial charge in [-0.3, -0.25) is 0 Å². The third kappa shape index (κ3) is 4.72. The Morgan fingerprint density at radius 2 is 2.06 bits per heavy atom. The fraction of sp³-hybridized carbons (Fsp3) is 0.833. The van der Waals surface area contributed by atoms with Crippen LogP contribution < -0.4 is 5.73 Å². The van der Waals surface area contributed by atoms with E-state index in [4.69, 9.17) is 19.7 Å². The molecule has 1 aromatic rings. The van der Waals surface area contributed by atoms with Crippen molar-refractivity contribution in [1.82, 2.24) is 10.1 Å². The summed E-state index contributed by atoms with van der Waals surface area (Å²) in [5.74, 6) is 0.995. The van der Waals surface area contributed by atoms with Crippen LogP contribution in [-0.2, 0) is 15.9 Å². The Balaban J connectivity index is 2.57. The molecule has 104 valence electrons. The van der Waals surface area contributed by atoms with Crippen molar-refractivity contribution in [2.24, 2.45) is 5.73 Å². The van der Waals surface area contributed by atoms with Gasteiger partial charge in [0.1, 0.15) is 0 Å². The van der Waals surface area contributed by atoms with E-state index in [1.807, 2.05) is 27.7 Å². The fourth-order valence-corrected chi connectivity index (χ4v) is 1.30. The summed E-state index contributed by atoms with van der Waals surface area (Å²) in [5.41, 5.74) is 5.58. The third-order valence-electron chi connectivity index (χ3n) is 2.55. The summed E-state index contributed by atoms with van der Waals surface area (Å²) in [6.45, 7) is 8.20. The van der Waals surface area contributed by atoms with Crippen LogP contribution in [0, 0.1) is 0 Å². The summed E-state index contributed by atoms with van der Waals surface area (Å²) in [6, 6.07) is -0.365. The van der Waals surface area contributed by atoms with Crippen molar-refractivity contribution >= 4 is 0 Å². The minimum Gasteiger partial charge on any atom is -0.378 e. The topological polar surface area (TPSA) is 83.4 Å². The zero-order valence-corrected chi connectivity index (χ0v) is 11.8. The van der Waals surface area contributed by atoms with E-state index >= 15 is 0 Å². The maximum absolute atomic E-state index is 5.91. The van der Waals surface area contributed by atoms with Gasteiger partial charge in [0.25, 0.3) is 0 Å². The molecular weight excluding hydrogens is 234 g/mol. The van der Waals surface area contributed by atoms with Crippen molar-refractivity contribution < 1.29 is 14.0 Å². The van der Waals surface area contributed by atoms with Crippen LogP contribution in [0.5, 0.6) is 0 Å². The fourth-order valence-electron chi connectivity index (χ4n) is 1.30. The maximum Gasteiger partial charge on any atom is 0.229 e. The summed E-state index contributed by atoms with van der Waals surface area (Å²) in [5, 5.41) is 3.87. The Kier molecular flexibility index (Phi) is 5.25. The zero-order chi connectivity index (χ0) is 13.8. The number of aromatic nitrogens is 2. The lowest BCUT2D eigenvalue weighted by molar-refractivity contribution is 0.0170. The number of rotatable bonds is 7. The van der Waals surface area contributed by atoms with Gasteiger partial charge in [-0.25, -0.2) is 0 Å². The molecule has 1 unspecified atom stereocenters. The van der Waals surface area contributed by atoms with Gasteiger partial charge in [-0.2, -0.15) is 4.98 Å². The Morgan fingerprint density at radius 1 is 1.39 bits per heavy atom. The molecule has 1 aromatic heterocycles. The summed E-state index contributed by atoms with van der Waals surface area (Å²) in [4.78, 5) is 4.26. The van der Waals surface area contributed by atoms with Crippen LogP contribution in [0.15, 0.2) is 4.52 Å². The van der Waals surface area contributed by atoms with Crippen LogP contribution in [0.4, 0.5) is 0 Å². The van der Waals surface area contributed by atoms with Crippen molar-refractivity contribution in [3.63, 3.8) is 0 Å². The monoisotopic (exact) mass is 257 g/mol. The van der Waals surface area contributed by atoms with Gasteiger partial charge in [0.05, 0.1) is 30.8 Å². The molecule has 0 radical (unpaired) electrons. The predicted octanol–water partition coefficient (Wildman–Crippen LogP) is 1.46. The molecule has 0 aliphatic heterocycles. The molecule has 0 saturated carbocycles. The second-order valence-electron chi connectivity index (χ2n) is 5.18. The highest BCUT2D eigenvalue weighted by Crippen LogP contribution is 2.16. The smallest absolute Gasteiger partial charge is 0.229 e. The highest BCUT2D eigenvalue weighted by atomic mass is 16.5. The number of methoxy groups -OCH3 is 1. The van der Waals surface area contributed by atoms with E-state index in [1.54, 1.807) is 7.11 Å². The molecule has 0 aromatic carbocycles. The highest BCUT2D eigenvalue weighted by Gasteiger charge is 2.22. The van der Waals surface area contributed by atoms with Gasteiger partial charge in [0.15, 0.2) is 5.82 Å². The average Bonchev–Trinajstić information content (AvgIpc) is 2.73. The van der Waals surface area contributed by atoms with Crippen molar-refractivity contribution in [3.8, 4) is 0 Å². The summed E-state index contributed by atoms with van der Waals surface area (Å²) in [6.07, 6.45) is 0.684. The molecule has 2 N–H and O–H groups in total. The Hall–Kier alpha value is -0.980. The number of ether oxygens (including phenoxy) is 2. The first-order chi connectivity index (χ1) is 8.34. The molecule has 1 rings (SSSR count). The molecule has 0 bridgehead atoms. The summed E-state index contributed by atoms with van der Waals surface area (Å²) < 4.78 is 15.9. The van der Waals surface area contributed by atoms with Crippen molar-refractivity contribution in [1.29, 1.82) is 0 Å². The third-order valence-corrected chi connectivity index (χ3v) is 2.55. The van der Waals surface area contributed by atoms with Crippen LogP contribution in [0.2, 0.25) is 0 Å². The minimum atomic E-state index is -0.365. The normalized spacial score (nSPS) is 14.2. The van der Waals surface area contributed by atoms with Gasteiger partial charge in [-0.15, -0.1) is 0 Å². The van der Waals surface area contributed by atoms with E-state index in [1.165, 1.54) is 0 Å². The Bertz CT molecular complexity index is 363. The first-order valence-electron chi connectivity index (χ1n) is 6.09. The maximum atomic E-state index is 5.91. The number of hydrogen-bond acceptors (Lipinski definition) is 6. The molecule has 6 heteroatoms. The van der Waals surface area contributed by atoms with Gasteiger partial charge >= 0.3 is 0 Å². The molecular formula is C12H23N3O3. The predicted molar refractivity (Wildman–Crippen MR) is 67.1 cm³/mol. The first-order valence-corrected chi connectivity index (χ1v) is 6.09. The Labute approximate surface area is 108 Å². The van der Waals surface area contributed by atoms with Crippen LogP contribution in [-0.4, -0.2) is 35.6 Å². The molecule has 18 heavy (non-hydrogen) atoms. The highest BCUT2D eigenvalue weighted by molar-refractivity contribution is 4.95. The van der Waals surface area contributed by atoms with E-state index in [9.17, 15) is 0 Å². The first kappa shape index (κ1) is 15.1. The van der Waals surface area contributed by atoms with Gasteiger partial charge in [0.2, 0.25) is 5.89 Å². The molecule has 1 heterocycles. The van der Waals surface area contributed by atoms with Gasteiger partial charge < -0.3 is 19.7 Å². The molecule has 0 saturated heterocycles. The molecule has 0 aliphatic rings. The van der Waals surface area contributed by atoms with Crippen LogP contribution >= 0.6 is 0 Å². The molecule has 6 nitrogen and oxygen atoms in total. The Morgan fingerprint density at radius 3 is 2.61 bits per heavy atom. The van der Waals surface area contributed by atoms with Crippen molar-refractivity contribution in [2.45, 2.75) is 51.9 Å². The van der Waals surface area contributed by atoms with Crippen molar-refractivity contribution in [3.05, 3.63) is 11.7 Å². The van der Waals surface area contributed by atoms with Crippen LogP contribution in [0.1, 0.15) is 45.5 Å². The van der Waals surface area contributed by atoms with Gasteiger partial charge in [0, 0.05) is 7.11 Å². The second kappa shape index (κ2) is 6.26. The van der Waals surface area contributed by atoms with E-state index in [-0.39, 0.29) is 17.7 Å². The lowest BCUT2D eigenvalue weighted by Crippen LogP contribution is -2.26. The second-order valence-corrected chi connectivity index (χ2v) is 5.18. The van der Waals surface area contributed by atoms with Crippen molar-refractivity contribution in [2.75, 3.05) is 13.7 Å². The molecule has 0 aliphatic carbocycles. The summed E-state index contributed by atoms with van der Waals surface area (Å²) >= 11 is 0. The molecule has 0 amide bonds. The van der Waals surface area contributed by atoms with E-state index < -0.39 is 0 Å². The van der Waals surface area contributed by atoms with Crippen LogP contribution in [0.25, 0.3) is 0 Å². The number of nitrogens with zero attached hydrogens (tertiary/aromatic N) is 2. The van der Waals surface area contributed by atoms with E-state index in [0.29, 0.717) is 24.7 Å². The standard InChI is InChI=1S/C12H23N3O3/c1-8(2)17-7-9(13)11-14-10(18-15-11)6-12(3,4)16-5/h8-9H,6-7,13H2,1-5H3.